The van der Waals surface area contributed by atoms with Crippen LogP contribution in [0.15, 0.2) is 24.3 Å². The number of carbonyl (C=O) groups excluding carboxylic acids is 3. The number of rotatable bonds is 6. The molecule has 10 heteroatoms. The van der Waals surface area contributed by atoms with E-state index in [0.717, 1.165) is 0 Å². The first kappa shape index (κ1) is 19.7. The molecule has 1 fully saturated rings. The second-order valence-electron chi connectivity index (χ2n) is 5.77. The van der Waals surface area contributed by atoms with Crippen LogP contribution in [0.25, 0.3) is 0 Å². The Morgan fingerprint density at radius 1 is 1.27 bits per heavy atom. The summed E-state index contributed by atoms with van der Waals surface area (Å²) in [5, 5.41) is 2.35. The van der Waals surface area contributed by atoms with Crippen molar-refractivity contribution in [2.24, 2.45) is 5.92 Å². The van der Waals surface area contributed by atoms with Crippen molar-refractivity contribution in [1.29, 1.82) is 0 Å². The van der Waals surface area contributed by atoms with E-state index in [1.165, 1.54) is 18.2 Å². The maximum atomic E-state index is 13.4. The molecule has 26 heavy (non-hydrogen) atoms. The smallest absolute Gasteiger partial charge is 0.406 e. The molecule has 0 spiro atoms. The molecule has 0 saturated carbocycles. The molecule has 1 N–H and O–H groups in total. The van der Waals surface area contributed by atoms with Gasteiger partial charge >= 0.3 is 12.1 Å². The van der Waals surface area contributed by atoms with Crippen LogP contribution in [0, 0.1) is 11.7 Å². The third-order valence-corrected chi connectivity index (χ3v) is 3.70. The van der Waals surface area contributed by atoms with E-state index in [1.807, 2.05) is 0 Å². The lowest BCUT2D eigenvalue weighted by Crippen LogP contribution is -2.36. The Morgan fingerprint density at radius 3 is 2.62 bits per heavy atom. The molecular formula is C16H16F4N2O4. The van der Waals surface area contributed by atoms with Crippen LogP contribution in [0.1, 0.15) is 12.0 Å². The first-order valence-corrected chi connectivity index (χ1v) is 7.67. The Hall–Kier alpha value is -2.65. The maximum absolute atomic E-state index is 13.4. The average molecular weight is 376 g/mol. The van der Waals surface area contributed by atoms with Gasteiger partial charge in [0, 0.05) is 25.1 Å². The number of hydrogen-bond donors (Lipinski definition) is 1. The lowest BCUT2D eigenvalue weighted by Gasteiger charge is -2.18. The average Bonchev–Trinajstić information content (AvgIpc) is 2.91. The van der Waals surface area contributed by atoms with Gasteiger partial charge in [0.25, 0.3) is 5.91 Å². The van der Waals surface area contributed by atoms with Gasteiger partial charge in [-0.05, 0) is 6.07 Å². The van der Waals surface area contributed by atoms with E-state index >= 15 is 0 Å². The minimum atomic E-state index is -4.55. The quantitative estimate of drug-likeness (QED) is 0.602. The molecule has 142 valence electrons. The summed E-state index contributed by atoms with van der Waals surface area (Å²) in [7, 11) is 0. The number of nitrogens with zero attached hydrogens (tertiary/aromatic N) is 1. The largest absolute Gasteiger partial charge is 0.455 e. The fourth-order valence-corrected chi connectivity index (χ4v) is 2.44. The van der Waals surface area contributed by atoms with Crippen molar-refractivity contribution in [3.8, 4) is 0 Å². The van der Waals surface area contributed by atoms with Gasteiger partial charge < -0.3 is 15.0 Å². The second kappa shape index (κ2) is 8.15. The number of nitrogens with one attached hydrogen (secondary N) is 1. The Labute approximate surface area is 146 Å². The highest BCUT2D eigenvalue weighted by atomic mass is 19.4. The molecule has 1 aliphatic heterocycles. The Kier molecular flexibility index (Phi) is 6.17. The predicted octanol–water partition coefficient (Wildman–Crippen LogP) is 1.40. The second-order valence-corrected chi connectivity index (χ2v) is 5.77. The van der Waals surface area contributed by atoms with Crippen molar-refractivity contribution in [2.45, 2.75) is 19.1 Å². The number of benzene rings is 1. The summed E-state index contributed by atoms with van der Waals surface area (Å²) < 4.78 is 55.1. The molecular weight excluding hydrogens is 360 g/mol. The highest BCUT2D eigenvalue weighted by Gasteiger charge is 2.41. The monoisotopic (exact) mass is 376 g/mol. The molecule has 1 aliphatic rings. The van der Waals surface area contributed by atoms with Crippen molar-refractivity contribution >= 4 is 17.8 Å². The van der Waals surface area contributed by atoms with E-state index in [1.54, 1.807) is 6.07 Å². The van der Waals surface area contributed by atoms with E-state index in [2.05, 4.69) is 5.32 Å². The standard InChI is InChI=1S/C16H16F4N2O4/c17-12-4-2-1-3-10(12)6-21-13(23)8-26-15(25)11-5-14(24)22(7-11)9-16(18,19)20/h1-4,11H,5-9H2,(H,21,23). The van der Waals surface area contributed by atoms with Crippen LogP contribution in [-0.4, -0.2) is 48.6 Å². The number of esters is 1. The van der Waals surface area contributed by atoms with Crippen molar-refractivity contribution in [2.75, 3.05) is 19.7 Å². The molecule has 1 atom stereocenters. The zero-order valence-electron chi connectivity index (χ0n) is 13.5. The summed E-state index contributed by atoms with van der Waals surface area (Å²) in [4.78, 5) is 35.5. The SMILES string of the molecule is O=C(COC(=O)C1CC(=O)N(CC(F)(F)F)C1)NCc1ccccc1F. The molecule has 1 saturated heterocycles. The van der Waals surface area contributed by atoms with Gasteiger partial charge in [0.2, 0.25) is 5.91 Å². The summed E-state index contributed by atoms with van der Waals surface area (Å²) >= 11 is 0. The van der Waals surface area contributed by atoms with E-state index in [4.69, 9.17) is 4.74 Å². The highest BCUT2D eigenvalue weighted by molar-refractivity contribution is 5.88. The van der Waals surface area contributed by atoms with Gasteiger partial charge in [0.1, 0.15) is 12.4 Å². The number of ether oxygens (including phenoxy) is 1. The predicted molar refractivity (Wildman–Crippen MR) is 79.9 cm³/mol. The topological polar surface area (TPSA) is 75.7 Å². The molecule has 1 aromatic carbocycles. The summed E-state index contributed by atoms with van der Waals surface area (Å²) in [6.45, 7) is -2.62. The van der Waals surface area contributed by atoms with E-state index in [-0.39, 0.29) is 12.1 Å². The van der Waals surface area contributed by atoms with Crippen molar-refractivity contribution in [3.63, 3.8) is 0 Å². The first-order valence-electron chi connectivity index (χ1n) is 7.67. The molecule has 2 amide bonds. The van der Waals surface area contributed by atoms with Crippen LogP contribution in [-0.2, 0) is 25.7 Å². The van der Waals surface area contributed by atoms with Crippen LogP contribution < -0.4 is 5.32 Å². The molecule has 1 aromatic rings. The van der Waals surface area contributed by atoms with Gasteiger partial charge in [-0.2, -0.15) is 13.2 Å². The van der Waals surface area contributed by atoms with Crippen LogP contribution in [0.5, 0.6) is 0 Å². The molecule has 0 aromatic heterocycles. The first-order chi connectivity index (χ1) is 12.2. The number of halogens is 4. The van der Waals surface area contributed by atoms with Gasteiger partial charge in [-0.25, -0.2) is 4.39 Å². The highest BCUT2D eigenvalue weighted by Crippen LogP contribution is 2.24. The maximum Gasteiger partial charge on any atom is 0.406 e. The summed E-state index contributed by atoms with van der Waals surface area (Å²) in [6.07, 6.45) is -4.95. The van der Waals surface area contributed by atoms with Gasteiger partial charge in [-0.1, -0.05) is 18.2 Å². The molecule has 0 bridgehead atoms. The van der Waals surface area contributed by atoms with Gasteiger partial charge in [-0.15, -0.1) is 0 Å². The number of likely N-dealkylation sites (tertiary alicyclic amines) is 1. The number of carbonyl (C=O) groups is 3. The Morgan fingerprint density at radius 2 is 1.96 bits per heavy atom. The fourth-order valence-electron chi connectivity index (χ4n) is 2.44. The summed E-state index contributed by atoms with van der Waals surface area (Å²) in [5.41, 5.74) is 0.247. The molecule has 1 unspecified atom stereocenters. The van der Waals surface area contributed by atoms with Gasteiger partial charge in [-0.3, -0.25) is 14.4 Å². The van der Waals surface area contributed by atoms with Crippen LogP contribution >= 0.6 is 0 Å². The van der Waals surface area contributed by atoms with E-state index < -0.39 is 61.8 Å². The Bertz CT molecular complexity index is 693. The van der Waals surface area contributed by atoms with E-state index in [0.29, 0.717) is 4.90 Å². The zero-order chi connectivity index (χ0) is 19.3. The Balaban J connectivity index is 1.75. The summed E-state index contributed by atoms with van der Waals surface area (Å²) in [5.74, 6) is -3.97. The van der Waals surface area contributed by atoms with Gasteiger partial charge in [0.05, 0.1) is 5.92 Å². The number of amides is 2. The van der Waals surface area contributed by atoms with Crippen molar-refractivity contribution < 1.29 is 36.7 Å². The summed E-state index contributed by atoms with van der Waals surface area (Å²) in [6, 6.07) is 5.79. The van der Waals surface area contributed by atoms with Crippen LogP contribution in [0.4, 0.5) is 17.6 Å². The number of hydrogen-bond acceptors (Lipinski definition) is 4. The van der Waals surface area contributed by atoms with Crippen molar-refractivity contribution in [3.05, 3.63) is 35.6 Å². The zero-order valence-corrected chi connectivity index (χ0v) is 13.5. The van der Waals surface area contributed by atoms with Crippen molar-refractivity contribution in [1.82, 2.24) is 10.2 Å². The minimum absolute atomic E-state index is 0.107. The lowest BCUT2D eigenvalue weighted by atomic mass is 10.1. The van der Waals surface area contributed by atoms with Crippen LogP contribution in [0.3, 0.4) is 0 Å². The lowest BCUT2D eigenvalue weighted by molar-refractivity contribution is -0.158. The molecule has 2 rings (SSSR count). The minimum Gasteiger partial charge on any atom is -0.455 e. The van der Waals surface area contributed by atoms with E-state index in [9.17, 15) is 31.9 Å². The number of alkyl halides is 3. The molecule has 6 nitrogen and oxygen atoms in total. The van der Waals surface area contributed by atoms with Gasteiger partial charge in [0.15, 0.2) is 6.61 Å². The van der Waals surface area contributed by atoms with Crippen LogP contribution in [0.2, 0.25) is 0 Å². The third kappa shape index (κ3) is 5.71. The molecule has 0 radical (unpaired) electrons. The third-order valence-electron chi connectivity index (χ3n) is 3.70. The fraction of sp³-hybridized carbons (Fsp3) is 0.438. The normalized spacial score (nSPS) is 17.3. The molecule has 1 heterocycles. The molecule has 0 aliphatic carbocycles.